The molecular weight excluding hydrogens is 386 g/mol. The van der Waals surface area contributed by atoms with Crippen molar-refractivity contribution in [3.05, 3.63) is 18.6 Å². The Morgan fingerprint density at radius 1 is 1.23 bits per heavy atom. The van der Waals surface area contributed by atoms with Crippen LogP contribution in [0, 0.1) is 17.3 Å². The van der Waals surface area contributed by atoms with Gasteiger partial charge in [-0.05, 0) is 37.0 Å². The Kier molecular flexibility index (Phi) is 5.99. The number of hydrogen-bond donors (Lipinski definition) is 3. The first-order valence-electron chi connectivity index (χ1n) is 10.8. The molecule has 0 radical (unpaired) electrons. The highest BCUT2D eigenvalue weighted by atomic mass is 16.5. The highest BCUT2D eigenvalue weighted by Gasteiger charge is 2.55. The molecule has 30 heavy (non-hydrogen) atoms. The predicted octanol–water partition coefficient (Wildman–Crippen LogP) is 1.89. The van der Waals surface area contributed by atoms with E-state index in [0.717, 1.165) is 38.5 Å². The Labute approximate surface area is 175 Å². The van der Waals surface area contributed by atoms with E-state index < -0.39 is 17.9 Å². The fourth-order valence-electron chi connectivity index (χ4n) is 5.06. The Balaban J connectivity index is 1.50. The summed E-state index contributed by atoms with van der Waals surface area (Å²) in [6.07, 6.45) is 12.1. The van der Waals surface area contributed by atoms with Crippen LogP contribution in [0.15, 0.2) is 18.6 Å². The van der Waals surface area contributed by atoms with E-state index in [-0.39, 0.29) is 23.7 Å². The molecule has 162 valence electrons. The molecule has 4 rings (SSSR count). The molecule has 9 nitrogen and oxygen atoms in total. The lowest BCUT2D eigenvalue weighted by molar-refractivity contribution is -0.144. The van der Waals surface area contributed by atoms with Gasteiger partial charge >= 0.3 is 0 Å². The monoisotopic (exact) mass is 415 g/mol. The molecule has 0 bridgehead atoms. The summed E-state index contributed by atoms with van der Waals surface area (Å²) in [5.74, 6) is -0.746. The molecule has 0 aromatic carbocycles. The van der Waals surface area contributed by atoms with Gasteiger partial charge in [0.25, 0.3) is 0 Å². The fraction of sp³-hybridized carbons (Fsp3) is 0.667. The number of carbonyl (C=O) groups is 3. The van der Waals surface area contributed by atoms with Crippen LogP contribution in [-0.4, -0.2) is 50.4 Å². The van der Waals surface area contributed by atoms with Gasteiger partial charge in [-0.3, -0.25) is 24.6 Å². The molecule has 9 heteroatoms. The maximum Gasteiger partial charge on any atom is 0.248 e. The van der Waals surface area contributed by atoms with Gasteiger partial charge in [0.05, 0.1) is 6.20 Å². The van der Waals surface area contributed by atoms with Crippen LogP contribution in [0.2, 0.25) is 0 Å². The van der Waals surface area contributed by atoms with Crippen molar-refractivity contribution in [2.45, 2.75) is 63.8 Å². The van der Waals surface area contributed by atoms with Crippen LogP contribution in [0.1, 0.15) is 57.8 Å². The highest BCUT2D eigenvalue weighted by molar-refractivity contribution is 5.97. The Morgan fingerprint density at radius 2 is 2.00 bits per heavy atom. The van der Waals surface area contributed by atoms with E-state index in [9.17, 15) is 14.4 Å². The summed E-state index contributed by atoms with van der Waals surface area (Å²) in [7, 11) is 0. The van der Waals surface area contributed by atoms with Crippen LogP contribution in [0.3, 0.4) is 0 Å². The summed E-state index contributed by atoms with van der Waals surface area (Å²) in [6, 6.07) is -0.578. The van der Waals surface area contributed by atoms with E-state index >= 15 is 0 Å². The zero-order valence-electron chi connectivity index (χ0n) is 17.0. The van der Waals surface area contributed by atoms with Gasteiger partial charge in [0.2, 0.25) is 17.7 Å². The summed E-state index contributed by atoms with van der Waals surface area (Å²) in [6.45, 7) is 0.548. The molecule has 1 spiro atoms. The van der Waals surface area contributed by atoms with Crippen molar-refractivity contribution >= 4 is 23.5 Å². The molecule has 2 heterocycles. The Bertz CT molecular complexity index is 792. The number of likely N-dealkylation sites (tertiary alicyclic amines) is 1. The zero-order valence-corrected chi connectivity index (χ0v) is 17.0. The fourth-order valence-corrected chi connectivity index (χ4v) is 5.06. The number of amides is 3. The molecule has 2 atom stereocenters. The van der Waals surface area contributed by atoms with Crippen molar-refractivity contribution in [2.24, 2.45) is 17.3 Å². The van der Waals surface area contributed by atoms with Crippen molar-refractivity contribution in [3.8, 4) is 0 Å². The number of nitrogens with one attached hydrogen (secondary N) is 2. The first-order valence-corrected chi connectivity index (χ1v) is 10.8. The SMILES string of the molecule is O=C(CC(CC1CCCC1)C(=O)N1CC2(CC2)CC1C(=O)Nc1cnccn1)NO. The van der Waals surface area contributed by atoms with Gasteiger partial charge in [0, 0.05) is 31.3 Å². The zero-order chi connectivity index (χ0) is 21.1. The molecular formula is C21H29N5O4. The van der Waals surface area contributed by atoms with Gasteiger partial charge in [0.1, 0.15) is 6.04 Å². The number of rotatable bonds is 7. The first-order chi connectivity index (χ1) is 14.5. The maximum absolute atomic E-state index is 13.5. The minimum Gasteiger partial charge on any atom is -0.330 e. The molecule has 1 saturated heterocycles. The molecule has 1 aromatic heterocycles. The Hall–Kier alpha value is -2.55. The lowest BCUT2D eigenvalue weighted by Crippen LogP contribution is -2.46. The van der Waals surface area contributed by atoms with Gasteiger partial charge < -0.3 is 10.2 Å². The van der Waals surface area contributed by atoms with Gasteiger partial charge in [-0.2, -0.15) is 0 Å². The molecule has 3 aliphatic rings. The Morgan fingerprint density at radius 3 is 2.63 bits per heavy atom. The summed E-state index contributed by atoms with van der Waals surface area (Å²) >= 11 is 0. The third kappa shape index (κ3) is 4.61. The number of carbonyl (C=O) groups excluding carboxylic acids is 3. The first kappa shape index (κ1) is 20.7. The molecule has 3 N–H and O–H groups in total. The van der Waals surface area contributed by atoms with E-state index in [1.807, 2.05) is 0 Å². The summed E-state index contributed by atoms with van der Waals surface area (Å²) in [4.78, 5) is 48.1. The van der Waals surface area contributed by atoms with Crippen molar-refractivity contribution < 1.29 is 19.6 Å². The normalized spacial score (nSPS) is 23.4. The van der Waals surface area contributed by atoms with Gasteiger partial charge in [-0.1, -0.05) is 25.7 Å². The van der Waals surface area contributed by atoms with Crippen LogP contribution in [0.4, 0.5) is 5.82 Å². The van der Waals surface area contributed by atoms with Crippen molar-refractivity contribution in [1.29, 1.82) is 0 Å². The number of aromatic nitrogens is 2. The quantitative estimate of drug-likeness (QED) is 0.461. The average molecular weight is 415 g/mol. The van der Waals surface area contributed by atoms with Crippen LogP contribution in [0.5, 0.6) is 0 Å². The molecule has 1 aliphatic heterocycles. The molecule has 2 unspecified atom stereocenters. The standard InChI is InChI=1S/C21H29N5O4/c27-18(25-30)10-15(9-14-3-1-2-4-14)20(29)26-13-21(5-6-21)11-16(26)19(28)24-17-12-22-7-8-23-17/h7-8,12,14-16,30H,1-6,9-11,13H2,(H,25,27)(H,23,24,28). The van der Waals surface area contributed by atoms with Crippen molar-refractivity contribution in [1.82, 2.24) is 20.3 Å². The van der Waals surface area contributed by atoms with Gasteiger partial charge in [-0.25, -0.2) is 10.5 Å². The number of hydrogen-bond acceptors (Lipinski definition) is 6. The summed E-state index contributed by atoms with van der Waals surface area (Å²) in [5.41, 5.74) is 1.68. The molecule has 1 aromatic rings. The predicted molar refractivity (Wildman–Crippen MR) is 107 cm³/mol. The number of nitrogens with zero attached hydrogens (tertiary/aromatic N) is 3. The van der Waals surface area contributed by atoms with E-state index in [1.165, 1.54) is 18.6 Å². The summed E-state index contributed by atoms with van der Waals surface area (Å²) < 4.78 is 0. The minimum absolute atomic E-state index is 0.0250. The van der Waals surface area contributed by atoms with Crippen LogP contribution in [-0.2, 0) is 14.4 Å². The average Bonchev–Trinajstić information content (AvgIpc) is 3.13. The van der Waals surface area contributed by atoms with E-state index in [4.69, 9.17) is 5.21 Å². The number of anilines is 1. The molecule has 2 saturated carbocycles. The van der Waals surface area contributed by atoms with Crippen molar-refractivity contribution in [2.75, 3.05) is 11.9 Å². The smallest absolute Gasteiger partial charge is 0.248 e. The minimum atomic E-state index is -0.578. The van der Waals surface area contributed by atoms with E-state index in [1.54, 1.807) is 10.4 Å². The van der Waals surface area contributed by atoms with Crippen molar-refractivity contribution in [3.63, 3.8) is 0 Å². The van der Waals surface area contributed by atoms with E-state index in [2.05, 4.69) is 15.3 Å². The van der Waals surface area contributed by atoms with Crippen LogP contribution >= 0.6 is 0 Å². The highest BCUT2D eigenvalue weighted by Crippen LogP contribution is 2.55. The number of hydroxylamine groups is 1. The largest absolute Gasteiger partial charge is 0.330 e. The molecule has 3 amide bonds. The third-order valence-electron chi connectivity index (χ3n) is 6.86. The van der Waals surface area contributed by atoms with E-state index in [0.29, 0.717) is 31.1 Å². The molecule has 3 fully saturated rings. The second-order valence-corrected chi connectivity index (χ2v) is 9.09. The van der Waals surface area contributed by atoms with Crippen LogP contribution < -0.4 is 10.8 Å². The topological polar surface area (TPSA) is 125 Å². The van der Waals surface area contributed by atoms with Crippen LogP contribution in [0.25, 0.3) is 0 Å². The lowest BCUT2D eigenvalue weighted by Gasteiger charge is -2.29. The maximum atomic E-state index is 13.5. The van der Waals surface area contributed by atoms with Gasteiger partial charge in [0.15, 0.2) is 5.82 Å². The summed E-state index contributed by atoms with van der Waals surface area (Å²) in [5, 5.41) is 11.8. The molecule has 2 aliphatic carbocycles. The second kappa shape index (κ2) is 8.67. The van der Waals surface area contributed by atoms with Gasteiger partial charge in [-0.15, -0.1) is 0 Å². The second-order valence-electron chi connectivity index (χ2n) is 9.09. The lowest BCUT2D eigenvalue weighted by atomic mass is 9.89. The third-order valence-corrected chi connectivity index (χ3v) is 6.86.